The van der Waals surface area contributed by atoms with E-state index in [1.165, 1.54) is 0 Å². The molecule has 0 amide bonds. The molecule has 1 aromatic carbocycles. The molecule has 2 rings (SSSR count). The van der Waals surface area contributed by atoms with Gasteiger partial charge in [-0.05, 0) is 30.3 Å². The summed E-state index contributed by atoms with van der Waals surface area (Å²) >= 11 is 9.98. The van der Waals surface area contributed by atoms with E-state index in [4.69, 9.17) is 26.2 Å². The molecule has 9 heteroatoms. The maximum Gasteiger partial charge on any atom is 0.160 e. The van der Waals surface area contributed by atoms with E-state index in [0.29, 0.717) is 25.2 Å². The largest absolute Gasteiger partial charge is 0.361 e. The highest BCUT2D eigenvalue weighted by atomic mass is 79.9. The maximum atomic E-state index is 6.50. The van der Waals surface area contributed by atoms with Gasteiger partial charge in [-0.2, -0.15) is 5.10 Å². The molecule has 0 saturated heterocycles. The first-order valence-electron chi connectivity index (χ1n) is 10.1. The number of benzene rings is 1. The van der Waals surface area contributed by atoms with Gasteiger partial charge in [0.25, 0.3) is 0 Å². The molecule has 0 aliphatic carbocycles. The summed E-state index contributed by atoms with van der Waals surface area (Å²) in [6, 6.07) is 8.18. The zero-order valence-electron chi connectivity index (χ0n) is 18.6. The van der Waals surface area contributed by atoms with Crippen molar-refractivity contribution in [3.05, 3.63) is 33.3 Å². The Balaban J connectivity index is 2.01. The number of hydrazone groups is 1. The van der Waals surface area contributed by atoms with Crippen LogP contribution in [0.5, 0.6) is 0 Å². The first-order chi connectivity index (χ1) is 13.4. The third kappa shape index (κ3) is 9.10. The van der Waals surface area contributed by atoms with Gasteiger partial charge in [0.05, 0.1) is 5.02 Å². The Labute approximate surface area is 191 Å². The van der Waals surface area contributed by atoms with Crippen LogP contribution in [0.4, 0.5) is 0 Å². The molecule has 0 spiro atoms. The van der Waals surface area contributed by atoms with Crippen molar-refractivity contribution in [3.63, 3.8) is 0 Å². The molecule has 0 bridgehead atoms. The summed E-state index contributed by atoms with van der Waals surface area (Å²) < 4.78 is 12.8. The fourth-order valence-electron chi connectivity index (χ4n) is 2.66. The fraction of sp³-hybridized carbons (Fsp3) is 0.650. The molecular weight excluding hydrogens is 486 g/mol. The van der Waals surface area contributed by atoms with Gasteiger partial charge < -0.3 is 14.4 Å². The van der Waals surface area contributed by atoms with Crippen molar-refractivity contribution in [2.75, 3.05) is 33.3 Å². The Hall–Kier alpha value is -0.386. The van der Waals surface area contributed by atoms with E-state index in [9.17, 15) is 0 Å². The van der Waals surface area contributed by atoms with E-state index in [2.05, 4.69) is 60.1 Å². The van der Waals surface area contributed by atoms with Gasteiger partial charge in [-0.25, -0.2) is 5.01 Å². The molecule has 1 aliphatic rings. The van der Waals surface area contributed by atoms with Crippen LogP contribution in [0, 0.1) is 0 Å². The van der Waals surface area contributed by atoms with Gasteiger partial charge in [0.15, 0.2) is 5.84 Å². The average Bonchev–Trinajstić information content (AvgIpc) is 2.97. The lowest BCUT2D eigenvalue weighted by atomic mass is 10.2. The SMILES string of the molecule is C[Si](C)(C)CCOCN1CN(COCC[Si](C)(C)C)C(c2ccc(Br)cc2Cl)=N1. The summed E-state index contributed by atoms with van der Waals surface area (Å²) in [4.78, 5) is 2.13. The van der Waals surface area contributed by atoms with Crippen molar-refractivity contribution < 1.29 is 9.47 Å². The summed E-state index contributed by atoms with van der Waals surface area (Å²) in [5, 5.41) is 7.40. The minimum absolute atomic E-state index is 0.480. The number of ether oxygens (including phenoxy) is 2. The highest BCUT2D eigenvalue weighted by Crippen LogP contribution is 2.25. The van der Waals surface area contributed by atoms with Crippen LogP contribution in [-0.2, 0) is 9.47 Å². The fourth-order valence-corrected chi connectivity index (χ4v) is 4.93. The Morgan fingerprint density at radius 3 is 2.14 bits per heavy atom. The number of rotatable bonds is 11. The Morgan fingerprint density at radius 1 is 1.00 bits per heavy atom. The van der Waals surface area contributed by atoms with Gasteiger partial charge in [0.1, 0.15) is 20.1 Å². The van der Waals surface area contributed by atoms with Crippen LogP contribution in [0.2, 0.25) is 56.4 Å². The van der Waals surface area contributed by atoms with E-state index in [1.54, 1.807) is 0 Å². The van der Waals surface area contributed by atoms with E-state index >= 15 is 0 Å². The molecule has 0 fully saturated rings. The number of halogens is 2. The lowest BCUT2D eigenvalue weighted by Gasteiger charge is -2.23. The van der Waals surface area contributed by atoms with Gasteiger partial charge in [0, 0.05) is 39.4 Å². The van der Waals surface area contributed by atoms with Gasteiger partial charge in [-0.15, -0.1) is 0 Å². The normalized spacial score (nSPS) is 15.2. The minimum Gasteiger partial charge on any atom is -0.361 e. The van der Waals surface area contributed by atoms with Crippen LogP contribution in [0.25, 0.3) is 0 Å². The lowest BCUT2D eigenvalue weighted by molar-refractivity contribution is 0.00713. The van der Waals surface area contributed by atoms with E-state index in [-0.39, 0.29) is 0 Å². The van der Waals surface area contributed by atoms with Crippen LogP contribution in [-0.4, -0.2) is 65.2 Å². The molecule has 1 aliphatic heterocycles. The van der Waals surface area contributed by atoms with Crippen LogP contribution in [0.15, 0.2) is 27.8 Å². The molecule has 0 saturated carbocycles. The second-order valence-electron chi connectivity index (χ2n) is 9.93. The first kappa shape index (κ1) is 24.9. The molecule has 0 unspecified atom stereocenters. The van der Waals surface area contributed by atoms with Gasteiger partial charge >= 0.3 is 0 Å². The summed E-state index contributed by atoms with van der Waals surface area (Å²) in [6.45, 7) is 17.3. The van der Waals surface area contributed by atoms with Gasteiger partial charge in [0.2, 0.25) is 0 Å². The third-order valence-electron chi connectivity index (χ3n) is 4.52. The highest BCUT2D eigenvalue weighted by molar-refractivity contribution is 9.10. The smallest absolute Gasteiger partial charge is 0.160 e. The quantitative estimate of drug-likeness (QED) is 0.266. The molecule has 0 radical (unpaired) electrons. The Kier molecular flexibility index (Phi) is 9.24. The molecular formula is C20H35BrClN3O2Si2. The third-order valence-corrected chi connectivity index (χ3v) is 8.74. The second-order valence-corrected chi connectivity index (χ2v) is 22.5. The summed E-state index contributed by atoms with van der Waals surface area (Å²) in [5.74, 6) is 0.837. The number of nitrogens with zero attached hydrogens (tertiary/aromatic N) is 3. The second kappa shape index (κ2) is 10.8. The molecule has 164 valence electrons. The molecule has 0 aromatic heterocycles. The standard InChI is InChI=1S/C20H35BrClN3O2Si2/c1-28(2,3)11-9-26-15-24-14-25(16-27-10-12-29(4,5)6)23-20(24)18-8-7-17(21)13-19(18)22/h7-8,13H,9-12,14-16H2,1-6H3. The van der Waals surface area contributed by atoms with Crippen molar-refractivity contribution in [3.8, 4) is 0 Å². The predicted molar refractivity (Wildman–Crippen MR) is 132 cm³/mol. The van der Waals surface area contributed by atoms with Gasteiger partial charge in [-0.3, -0.25) is 0 Å². The summed E-state index contributed by atoms with van der Waals surface area (Å²) in [6.07, 6.45) is 0. The van der Waals surface area contributed by atoms with Crippen molar-refractivity contribution >= 4 is 49.5 Å². The summed E-state index contributed by atoms with van der Waals surface area (Å²) in [7, 11) is -2.20. The lowest BCUT2D eigenvalue weighted by Crippen LogP contribution is -2.35. The summed E-state index contributed by atoms with van der Waals surface area (Å²) in [5.41, 5.74) is 0.910. The monoisotopic (exact) mass is 519 g/mol. The zero-order valence-corrected chi connectivity index (χ0v) is 22.9. The minimum atomic E-state index is -1.11. The maximum absolute atomic E-state index is 6.50. The molecule has 0 N–H and O–H groups in total. The number of amidine groups is 1. The predicted octanol–water partition coefficient (Wildman–Crippen LogP) is 5.96. The van der Waals surface area contributed by atoms with Crippen molar-refractivity contribution in [2.45, 2.75) is 51.4 Å². The Bertz CT molecular complexity index is 708. The van der Waals surface area contributed by atoms with Crippen molar-refractivity contribution in [1.82, 2.24) is 9.91 Å². The number of hydrogen-bond donors (Lipinski definition) is 0. The zero-order chi connectivity index (χ0) is 21.7. The van der Waals surface area contributed by atoms with E-state index in [0.717, 1.165) is 41.2 Å². The van der Waals surface area contributed by atoms with Crippen LogP contribution >= 0.6 is 27.5 Å². The van der Waals surface area contributed by atoms with E-state index in [1.807, 2.05) is 23.2 Å². The van der Waals surface area contributed by atoms with E-state index < -0.39 is 16.1 Å². The molecule has 0 atom stereocenters. The molecule has 29 heavy (non-hydrogen) atoms. The highest BCUT2D eigenvalue weighted by Gasteiger charge is 2.26. The molecule has 5 nitrogen and oxygen atoms in total. The molecule has 1 aromatic rings. The van der Waals surface area contributed by atoms with Crippen molar-refractivity contribution in [1.29, 1.82) is 0 Å². The van der Waals surface area contributed by atoms with Crippen LogP contribution < -0.4 is 0 Å². The van der Waals surface area contributed by atoms with Crippen molar-refractivity contribution in [2.24, 2.45) is 5.10 Å². The average molecular weight is 521 g/mol. The molecule has 1 heterocycles. The first-order valence-corrected chi connectivity index (χ1v) is 18.7. The number of hydrogen-bond acceptors (Lipinski definition) is 5. The topological polar surface area (TPSA) is 37.3 Å². The Morgan fingerprint density at radius 2 is 1.59 bits per heavy atom. The van der Waals surface area contributed by atoms with Crippen LogP contribution in [0.3, 0.4) is 0 Å². The van der Waals surface area contributed by atoms with Gasteiger partial charge in [-0.1, -0.05) is 66.8 Å². The van der Waals surface area contributed by atoms with Crippen LogP contribution in [0.1, 0.15) is 5.56 Å².